The standard InChI is InChI=1S/C14H22N2/c1-3-10-16(12-8-9-12)14-7-5-4-6-13(14)11(2)15/h4-7,11-12H,3,8-10,15H2,1-2H3/t11-/m1/s1. The molecule has 0 radical (unpaired) electrons. The van der Waals surface area contributed by atoms with Crippen molar-refractivity contribution in [1.29, 1.82) is 0 Å². The van der Waals surface area contributed by atoms with E-state index in [-0.39, 0.29) is 6.04 Å². The van der Waals surface area contributed by atoms with Crippen LogP contribution in [0.4, 0.5) is 5.69 Å². The quantitative estimate of drug-likeness (QED) is 0.823. The van der Waals surface area contributed by atoms with Crippen LogP contribution in [-0.2, 0) is 0 Å². The van der Waals surface area contributed by atoms with Crippen molar-refractivity contribution in [2.45, 2.75) is 45.2 Å². The van der Waals surface area contributed by atoms with E-state index in [1.54, 1.807) is 0 Å². The van der Waals surface area contributed by atoms with E-state index in [4.69, 9.17) is 5.73 Å². The van der Waals surface area contributed by atoms with Gasteiger partial charge in [-0.2, -0.15) is 0 Å². The largest absolute Gasteiger partial charge is 0.368 e. The molecular formula is C14H22N2. The van der Waals surface area contributed by atoms with Crippen LogP contribution in [0.5, 0.6) is 0 Å². The summed E-state index contributed by atoms with van der Waals surface area (Å²) >= 11 is 0. The Hall–Kier alpha value is -1.02. The number of rotatable bonds is 5. The molecule has 1 aliphatic rings. The molecule has 0 aliphatic heterocycles. The normalized spacial score (nSPS) is 17.2. The molecule has 88 valence electrons. The highest BCUT2D eigenvalue weighted by Crippen LogP contribution is 2.35. The number of nitrogens with zero attached hydrogens (tertiary/aromatic N) is 1. The summed E-state index contributed by atoms with van der Waals surface area (Å²) < 4.78 is 0. The van der Waals surface area contributed by atoms with Gasteiger partial charge in [-0.15, -0.1) is 0 Å². The van der Waals surface area contributed by atoms with E-state index in [1.807, 2.05) is 0 Å². The monoisotopic (exact) mass is 218 g/mol. The number of anilines is 1. The molecule has 16 heavy (non-hydrogen) atoms. The molecule has 0 unspecified atom stereocenters. The molecule has 0 aromatic heterocycles. The molecule has 1 saturated carbocycles. The van der Waals surface area contributed by atoms with E-state index < -0.39 is 0 Å². The Bertz CT molecular complexity index is 342. The molecule has 0 bridgehead atoms. The molecule has 2 nitrogen and oxygen atoms in total. The van der Waals surface area contributed by atoms with Gasteiger partial charge in [-0.3, -0.25) is 0 Å². The second-order valence-corrected chi connectivity index (χ2v) is 4.77. The van der Waals surface area contributed by atoms with Crippen molar-refractivity contribution < 1.29 is 0 Å². The Morgan fingerprint density at radius 2 is 2.06 bits per heavy atom. The minimum absolute atomic E-state index is 0.120. The van der Waals surface area contributed by atoms with Crippen LogP contribution < -0.4 is 10.6 Å². The first kappa shape index (κ1) is 11.5. The van der Waals surface area contributed by atoms with Gasteiger partial charge in [-0.1, -0.05) is 25.1 Å². The maximum absolute atomic E-state index is 6.04. The Morgan fingerprint density at radius 1 is 1.38 bits per heavy atom. The summed E-state index contributed by atoms with van der Waals surface area (Å²) in [6.07, 6.45) is 3.88. The van der Waals surface area contributed by atoms with Gasteiger partial charge in [0.05, 0.1) is 0 Å². The molecule has 1 aliphatic carbocycles. The van der Waals surface area contributed by atoms with Crippen molar-refractivity contribution in [2.75, 3.05) is 11.4 Å². The number of nitrogens with two attached hydrogens (primary N) is 1. The van der Waals surface area contributed by atoms with Gasteiger partial charge in [0.1, 0.15) is 0 Å². The minimum Gasteiger partial charge on any atom is -0.368 e. The molecule has 2 N–H and O–H groups in total. The van der Waals surface area contributed by atoms with Gasteiger partial charge in [-0.25, -0.2) is 0 Å². The molecule has 1 aromatic rings. The van der Waals surface area contributed by atoms with Gasteiger partial charge in [0.2, 0.25) is 0 Å². The minimum atomic E-state index is 0.120. The average molecular weight is 218 g/mol. The van der Waals surface area contributed by atoms with Crippen molar-refractivity contribution >= 4 is 5.69 Å². The predicted molar refractivity (Wildman–Crippen MR) is 69.7 cm³/mol. The summed E-state index contributed by atoms with van der Waals surface area (Å²) in [5.41, 5.74) is 8.67. The molecule has 0 spiro atoms. The van der Waals surface area contributed by atoms with Gasteiger partial charge in [0, 0.05) is 24.3 Å². The average Bonchev–Trinajstić information content (AvgIpc) is 3.10. The topological polar surface area (TPSA) is 29.3 Å². The second kappa shape index (κ2) is 4.88. The molecule has 0 amide bonds. The van der Waals surface area contributed by atoms with Crippen LogP contribution in [0.1, 0.15) is 44.7 Å². The van der Waals surface area contributed by atoms with Crippen molar-refractivity contribution in [3.8, 4) is 0 Å². The lowest BCUT2D eigenvalue weighted by Gasteiger charge is -2.27. The lowest BCUT2D eigenvalue weighted by atomic mass is 10.1. The molecule has 2 rings (SSSR count). The fourth-order valence-corrected chi connectivity index (χ4v) is 2.26. The van der Waals surface area contributed by atoms with Crippen molar-refractivity contribution in [3.63, 3.8) is 0 Å². The van der Waals surface area contributed by atoms with Crippen LogP contribution in [-0.4, -0.2) is 12.6 Å². The summed E-state index contributed by atoms with van der Waals surface area (Å²) in [4.78, 5) is 2.54. The van der Waals surface area contributed by atoms with Crippen LogP contribution in [0.3, 0.4) is 0 Å². The number of benzene rings is 1. The highest BCUT2D eigenvalue weighted by atomic mass is 15.2. The number of hydrogen-bond donors (Lipinski definition) is 1. The van der Waals surface area contributed by atoms with Gasteiger partial charge in [-0.05, 0) is 37.8 Å². The Kier molecular flexibility index (Phi) is 3.49. The van der Waals surface area contributed by atoms with Crippen molar-refractivity contribution in [1.82, 2.24) is 0 Å². The third-order valence-corrected chi connectivity index (χ3v) is 3.19. The fraction of sp³-hybridized carbons (Fsp3) is 0.571. The van der Waals surface area contributed by atoms with Gasteiger partial charge in [0.25, 0.3) is 0 Å². The molecule has 0 heterocycles. The summed E-state index contributed by atoms with van der Waals surface area (Å²) in [6.45, 7) is 5.45. The lowest BCUT2D eigenvalue weighted by molar-refractivity contribution is 0.740. The van der Waals surface area contributed by atoms with Crippen LogP contribution in [0.25, 0.3) is 0 Å². The van der Waals surface area contributed by atoms with Gasteiger partial charge in [0.15, 0.2) is 0 Å². The summed E-state index contributed by atoms with van der Waals surface area (Å²) in [6, 6.07) is 9.46. The zero-order valence-electron chi connectivity index (χ0n) is 10.3. The molecule has 0 saturated heterocycles. The maximum Gasteiger partial charge on any atom is 0.0417 e. The van der Waals surface area contributed by atoms with E-state index in [0.29, 0.717) is 0 Å². The molecular weight excluding hydrogens is 196 g/mol. The fourth-order valence-electron chi connectivity index (χ4n) is 2.26. The predicted octanol–water partition coefficient (Wildman–Crippen LogP) is 3.09. The summed E-state index contributed by atoms with van der Waals surface area (Å²) in [7, 11) is 0. The van der Waals surface area contributed by atoms with E-state index in [0.717, 1.165) is 12.6 Å². The van der Waals surface area contributed by atoms with Gasteiger partial charge < -0.3 is 10.6 Å². The Balaban J connectivity index is 2.28. The summed E-state index contributed by atoms with van der Waals surface area (Å²) in [5, 5.41) is 0. The van der Waals surface area contributed by atoms with Crippen LogP contribution in [0.15, 0.2) is 24.3 Å². The Labute approximate surface area is 98.4 Å². The zero-order chi connectivity index (χ0) is 11.5. The van der Waals surface area contributed by atoms with E-state index in [1.165, 1.54) is 30.5 Å². The van der Waals surface area contributed by atoms with Crippen molar-refractivity contribution in [2.24, 2.45) is 5.73 Å². The van der Waals surface area contributed by atoms with Crippen LogP contribution >= 0.6 is 0 Å². The smallest absolute Gasteiger partial charge is 0.0417 e. The highest BCUT2D eigenvalue weighted by molar-refractivity contribution is 5.56. The highest BCUT2D eigenvalue weighted by Gasteiger charge is 2.29. The lowest BCUT2D eigenvalue weighted by Crippen LogP contribution is -2.28. The van der Waals surface area contributed by atoms with Crippen molar-refractivity contribution in [3.05, 3.63) is 29.8 Å². The second-order valence-electron chi connectivity index (χ2n) is 4.77. The summed E-state index contributed by atoms with van der Waals surface area (Å²) in [5.74, 6) is 0. The molecule has 1 aromatic carbocycles. The first-order valence-electron chi connectivity index (χ1n) is 6.35. The first-order valence-corrected chi connectivity index (χ1v) is 6.35. The molecule has 2 heteroatoms. The van der Waals surface area contributed by atoms with Gasteiger partial charge >= 0.3 is 0 Å². The molecule has 1 atom stereocenters. The third kappa shape index (κ3) is 2.38. The zero-order valence-corrected chi connectivity index (χ0v) is 10.3. The number of para-hydroxylation sites is 1. The SMILES string of the molecule is CCCN(c1ccccc1[C@@H](C)N)C1CC1. The number of hydrogen-bond acceptors (Lipinski definition) is 2. The maximum atomic E-state index is 6.04. The molecule has 1 fully saturated rings. The Morgan fingerprint density at radius 3 is 2.62 bits per heavy atom. The van der Waals surface area contributed by atoms with E-state index in [9.17, 15) is 0 Å². The van der Waals surface area contributed by atoms with E-state index >= 15 is 0 Å². The van der Waals surface area contributed by atoms with Crippen LogP contribution in [0.2, 0.25) is 0 Å². The van der Waals surface area contributed by atoms with E-state index in [2.05, 4.69) is 43.0 Å². The third-order valence-electron chi connectivity index (χ3n) is 3.19. The van der Waals surface area contributed by atoms with Crippen LogP contribution in [0, 0.1) is 0 Å². The first-order chi connectivity index (χ1) is 7.74.